The van der Waals surface area contributed by atoms with Crippen LogP contribution in [0.25, 0.3) is 0 Å². The van der Waals surface area contributed by atoms with E-state index in [2.05, 4.69) is 12.2 Å². The van der Waals surface area contributed by atoms with Crippen molar-refractivity contribution in [3.63, 3.8) is 0 Å². The van der Waals surface area contributed by atoms with Crippen molar-refractivity contribution in [1.82, 2.24) is 5.32 Å². The molecule has 1 saturated carbocycles. The van der Waals surface area contributed by atoms with Crippen LogP contribution in [0.4, 0.5) is 4.39 Å². The highest BCUT2D eigenvalue weighted by Crippen LogP contribution is 2.30. The van der Waals surface area contributed by atoms with E-state index in [1.54, 1.807) is 12.1 Å². The molecule has 1 N–H and O–H groups in total. The maximum atomic E-state index is 12.9. The van der Waals surface area contributed by atoms with Crippen LogP contribution in [0.2, 0.25) is 0 Å². The Kier molecular flexibility index (Phi) is 5.20. The molecule has 0 radical (unpaired) electrons. The number of hydrogen-bond acceptors (Lipinski definition) is 2. The number of ether oxygens (including phenoxy) is 1. The number of benzene rings is 1. The van der Waals surface area contributed by atoms with Crippen LogP contribution < -0.4 is 10.1 Å². The monoisotopic (exact) mass is 265 g/mol. The molecule has 1 aromatic rings. The highest BCUT2D eigenvalue weighted by Gasteiger charge is 2.30. The lowest BCUT2D eigenvalue weighted by molar-refractivity contribution is 0.0865. The van der Waals surface area contributed by atoms with Gasteiger partial charge in [0.2, 0.25) is 0 Å². The minimum absolute atomic E-state index is 0.195. The lowest BCUT2D eigenvalue weighted by Crippen LogP contribution is -2.45. The fraction of sp³-hybridized carbons (Fsp3) is 0.625. The fourth-order valence-corrected chi connectivity index (χ4v) is 3.03. The summed E-state index contributed by atoms with van der Waals surface area (Å²) in [6.45, 7) is 2.24. The molecule has 0 bridgehead atoms. The molecule has 1 aromatic carbocycles. The first kappa shape index (κ1) is 14.3. The van der Waals surface area contributed by atoms with Gasteiger partial charge in [-0.15, -0.1) is 0 Å². The predicted molar refractivity (Wildman–Crippen MR) is 75.9 cm³/mol. The zero-order valence-electron chi connectivity index (χ0n) is 11.9. The molecule has 0 heterocycles. The van der Waals surface area contributed by atoms with Crippen LogP contribution in [0.3, 0.4) is 0 Å². The molecule has 1 fully saturated rings. The van der Waals surface area contributed by atoms with Gasteiger partial charge < -0.3 is 10.1 Å². The third-order valence-electron chi connectivity index (χ3n) is 4.07. The van der Waals surface area contributed by atoms with Gasteiger partial charge in [0.25, 0.3) is 0 Å². The number of likely N-dealkylation sites (N-methyl/N-ethyl adjacent to an activating group) is 1. The van der Waals surface area contributed by atoms with Crippen LogP contribution in [0.15, 0.2) is 24.3 Å². The van der Waals surface area contributed by atoms with Crippen molar-refractivity contribution in [2.45, 2.75) is 51.2 Å². The molecule has 3 heteroatoms. The Balaban J connectivity index is 1.99. The quantitative estimate of drug-likeness (QED) is 0.875. The molecule has 2 rings (SSSR count). The lowest BCUT2D eigenvalue weighted by atomic mass is 9.81. The molecule has 1 aliphatic rings. The Morgan fingerprint density at radius 2 is 2.00 bits per heavy atom. The van der Waals surface area contributed by atoms with Crippen LogP contribution in [0.5, 0.6) is 5.75 Å². The minimum Gasteiger partial charge on any atom is -0.489 e. The molecular weight excluding hydrogens is 241 g/mol. The van der Waals surface area contributed by atoms with Gasteiger partial charge in [-0.2, -0.15) is 0 Å². The molecule has 2 nitrogen and oxygen atoms in total. The van der Waals surface area contributed by atoms with Gasteiger partial charge >= 0.3 is 0 Å². The first-order valence-electron chi connectivity index (χ1n) is 7.32. The molecule has 0 aliphatic heterocycles. The predicted octanol–water partition coefficient (Wildman–Crippen LogP) is 3.76. The van der Waals surface area contributed by atoms with Crippen molar-refractivity contribution >= 4 is 0 Å². The highest BCUT2D eigenvalue weighted by atomic mass is 19.1. The first-order chi connectivity index (χ1) is 9.22. The third kappa shape index (κ3) is 3.93. The summed E-state index contributed by atoms with van der Waals surface area (Å²) < 4.78 is 19.0. The highest BCUT2D eigenvalue weighted by molar-refractivity contribution is 5.22. The average molecular weight is 265 g/mol. The number of halogens is 1. The summed E-state index contributed by atoms with van der Waals surface area (Å²) in [6.07, 6.45) is 6.24. The van der Waals surface area contributed by atoms with Gasteiger partial charge in [-0.05, 0) is 56.5 Å². The molecule has 0 aromatic heterocycles. The zero-order chi connectivity index (χ0) is 13.7. The second-order valence-electron chi connectivity index (χ2n) is 5.47. The smallest absolute Gasteiger partial charge is 0.123 e. The minimum atomic E-state index is -0.218. The standard InChI is InChI=1S/C16H24FNO/c1-3-4-12-5-10-15(18-2)16(11-12)19-14-8-6-13(17)7-9-14/h6-9,12,15-16,18H,3-5,10-11H2,1-2H3. The Labute approximate surface area is 115 Å². The second-order valence-corrected chi connectivity index (χ2v) is 5.47. The molecule has 19 heavy (non-hydrogen) atoms. The Bertz CT molecular complexity index is 379. The summed E-state index contributed by atoms with van der Waals surface area (Å²) in [5.74, 6) is 1.31. The molecule has 1 aliphatic carbocycles. The van der Waals surface area contributed by atoms with E-state index in [-0.39, 0.29) is 11.9 Å². The Morgan fingerprint density at radius 1 is 1.26 bits per heavy atom. The molecule has 3 unspecified atom stereocenters. The molecule has 0 spiro atoms. The van der Waals surface area contributed by atoms with E-state index in [9.17, 15) is 4.39 Å². The van der Waals surface area contributed by atoms with Crippen LogP contribution >= 0.6 is 0 Å². The van der Waals surface area contributed by atoms with Crippen LogP contribution in [0, 0.1) is 11.7 Å². The van der Waals surface area contributed by atoms with Crippen LogP contribution in [0.1, 0.15) is 39.0 Å². The third-order valence-corrected chi connectivity index (χ3v) is 4.07. The normalized spacial score (nSPS) is 27.2. The maximum absolute atomic E-state index is 12.9. The molecule has 0 saturated heterocycles. The topological polar surface area (TPSA) is 21.3 Å². The van der Waals surface area contributed by atoms with E-state index in [1.807, 2.05) is 7.05 Å². The summed E-state index contributed by atoms with van der Waals surface area (Å²) in [6, 6.07) is 6.74. The van der Waals surface area contributed by atoms with Crippen molar-refractivity contribution < 1.29 is 9.13 Å². The summed E-state index contributed by atoms with van der Waals surface area (Å²) in [4.78, 5) is 0. The van der Waals surface area contributed by atoms with E-state index in [4.69, 9.17) is 4.74 Å². The van der Waals surface area contributed by atoms with E-state index < -0.39 is 0 Å². The average Bonchev–Trinajstić information content (AvgIpc) is 2.42. The zero-order valence-corrected chi connectivity index (χ0v) is 11.9. The number of rotatable bonds is 5. The maximum Gasteiger partial charge on any atom is 0.123 e. The van der Waals surface area contributed by atoms with Crippen molar-refractivity contribution in [2.24, 2.45) is 5.92 Å². The van der Waals surface area contributed by atoms with Crippen molar-refractivity contribution in [1.29, 1.82) is 0 Å². The molecule has 3 atom stereocenters. The Hall–Kier alpha value is -1.09. The summed E-state index contributed by atoms with van der Waals surface area (Å²) in [5.41, 5.74) is 0. The summed E-state index contributed by atoms with van der Waals surface area (Å²) in [7, 11) is 1.99. The second kappa shape index (κ2) is 6.90. The van der Waals surface area contributed by atoms with Crippen molar-refractivity contribution in [3.8, 4) is 5.75 Å². The van der Waals surface area contributed by atoms with Gasteiger partial charge in [-0.3, -0.25) is 0 Å². The van der Waals surface area contributed by atoms with E-state index in [1.165, 1.54) is 31.4 Å². The van der Waals surface area contributed by atoms with Gasteiger partial charge in [-0.1, -0.05) is 19.8 Å². The van der Waals surface area contributed by atoms with E-state index in [0.717, 1.165) is 24.5 Å². The van der Waals surface area contributed by atoms with Gasteiger partial charge in [0.05, 0.1) is 0 Å². The molecular formula is C16H24FNO. The van der Waals surface area contributed by atoms with E-state index >= 15 is 0 Å². The fourth-order valence-electron chi connectivity index (χ4n) is 3.03. The van der Waals surface area contributed by atoms with Crippen LogP contribution in [-0.2, 0) is 0 Å². The van der Waals surface area contributed by atoms with Gasteiger partial charge in [0.1, 0.15) is 17.7 Å². The van der Waals surface area contributed by atoms with Gasteiger partial charge in [0, 0.05) is 6.04 Å². The lowest BCUT2D eigenvalue weighted by Gasteiger charge is -2.36. The van der Waals surface area contributed by atoms with Crippen LogP contribution in [-0.4, -0.2) is 19.2 Å². The largest absolute Gasteiger partial charge is 0.489 e. The first-order valence-corrected chi connectivity index (χ1v) is 7.32. The Morgan fingerprint density at radius 3 is 2.63 bits per heavy atom. The summed E-state index contributed by atoms with van der Waals surface area (Å²) >= 11 is 0. The molecule has 106 valence electrons. The SMILES string of the molecule is CCCC1CCC(NC)C(Oc2ccc(F)cc2)C1. The number of nitrogens with one attached hydrogen (secondary N) is 1. The number of hydrogen-bond donors (Lipinski definition) is 1. The van der Waals surface area contributed by atoms with E-state index in [0.29, 0.717) is 6.04 Å². The van der Waals surface area contributed by atoms with Crippen molar-refractivity contribution in [2.75, 3.05) is 7.05 Å². The molecule has 0 amide bonds. The van der Waals surface area contributed by atoms with Gasteiger partial charge in [-0.25, -0.2) is 4.39 Å². The summed E-state index contributed by atoms with van der Waals surface area (Å²) in [5, 5.41) is 3.35. The van der Waals surface area contributed by atoms with Crippen molar-refractivity contribution in [3.05, 3.63) is 30.1 Å². The van der Waals surface area contributed by atoms with Gasteiger partial charge in [0.15, 0.2) is 0 Å².